The van der Waals surface area contributed by atoms with Gasteiger partial charge < -0.3 is 25.2 Å². The zero-order valence-corrected chi connectivity index (χ0v) is 19.2. The molecule has 7 heteroatoms. The van der Waals surface area contributed by atoms with Crippen molar-refractivity contribution in [1.29, 1.82) is 0 Å². The molecule has 0 aliphatic carbocycles. The normalized spacial score (nSPS) is 16.3. The summed E-state index contributed by atoms with van der Waals surface area (Å²) < 4.78 is 5.71. The highest BCUT2D eigenvalue weighted by atomic mass is 127. The molecule has 1 heterocycles. The minimum absolute atomic E-state index is 0. The van der Waals surface area contributed by atoms with E-state index in [1.54, 1.807) is 0 Å². The molecular weight excluding hydrogens is 453 g/mol. The summed E-state index contributed by atoms with van der Waals surface area (Å²) in [4.78, 5) is 9.59. The van der Waals surface area contributed by atoms with E-state index >= 15 is 0 Å². The molecule has 0 radical (unpaired) electrons. The molecule has 2 N–H and O–H groups in total. The van der Waals surface area contributed by atoms with E-state index in [0.717, 1.165) is 57.4 Å². The number of nitrogens with one attached hydrogen (secondary N) is 2. The number of halogens is 1. The summed E-state index contributed by atoms with van der Waals surface area (Å²) in [5.74, 6) is 1.82. The smallest absolute Gasteiger partial charge is 0.191 e. The molecule has 0 aromatic heterocycles. The lowest BCUT2D eigenvalue weighted by Crippen LogP contribution is -2.42. The van der Waals surface area contributed by atoms with Gasteiger partial charge in [-0.25, -0.2) is 0 Å². The maximum Gasteiger partial charge on any atom is 0.191 e. The molecule has 0 spiro atoms. The molecule has 0 unspecified atom stereocenters. The molecule has 1 fully saturated rings. The number of ether oxygens (including phenoxy) is 1. The summed E-state index contributed by atoms with van der Waals surface area (Å²) in [6.07, 6.45) is 2.16. The second-order valence-electron chi connectivity index (χ2n) is 6.70. The Morgan fingerprint density at radius 2 is 1.93 bits per heavy atom. The molecule has 0 bridgehead atoms. The van der Waals surface area contributed by atoms with Crippen LogP contribution in [0.5, 0.6) is 5.75 Å². The van der Waals surface area contributed by atoms with E-state index in [0.29, 0.717) is 6.61 Å². The van der Waals surface area contributed by atoms with Gasteiger partial charge in [-0.05, 0) is 45.6 Å². The average molecular weight is 489 g/mol. The van der Waals surface area contributed by atoms with Gasteiger partial charge in [-0.3, -0.25) is 4.99 Å². The largest absolute Gasteiger partial charge is 0.494 e. The van der Waals surface area contributed by atoms with Crippen molar-refractivity contribution in [3.63, 3.8) is 0 Å². The van der Waals surface area contributed by atoms with Gasteiger partial charge in [-0.2, -0.15) is 0 Å². The Labute approximate surface area is 181 Å². The van der Waals surface area contributed by atoms with Crippen molar-refractivity contribution in [3.05, 3.63) is 30.3 Å². The first-order valence-corrected chi connectivity index (χ1v) is 9.89. The van der Waals surface area contributed by atoms with E-state index < -0.39 is 0 Å². The molecule has 154 valence electrons. The Kier molecular flexibility index (Phi) is 13.3. The van der Waals surface area contributed by atoms with Crippen LogP contribution in [0.25, 0.3) is 0 Å². The van der Waals surface area contributed by atoms with Gasteiger partial charge >= 0.3 is 0 Å². The van der Waals surface area contributed by atoms with Crippen molar-refractivity contribution in [3.8, 4) is 5.75 Å². The summed E-state index contributed by atoms with van der Waals surface area (Å²) >= 11 is 0. The predicted octanol–water partition coefficient (Wildman–Crippen LogP) is 2.27. The Balaban J connectivity index is 0.00000364. The Morgan fingerprint density at radius 3 is 2.70 bits per heavy atom. The Morgan fingerprint density at radius 1 is 1.11 bits per heavy atom. The highest BCUT2D eigenvalue weighted by molar-refractivity contribution is 14.0. The third kappa shape index (κ3) is 10.8. The monoisotopic (exact) mass is 489 g/mol. The van der Waals surface area contributed by atoms with E-state index in [-0.39, 0.29) is 24.0 Å². The zero-order valence-electron chi connectivity index (χ0n) is 16.8. The van der Waals surface area contributed by atoms with Crippen LogP contribution in [0.4, 0.5) is 0 Å². The minimum atomic E-state index is 0. The number of likely N-dealkylation sites (N-methyl/N-ethyl adjacent to an activating group) is 1. The third-order valence-corrected chi connectivity index (χ3v) is 4.46. The molecule has 1 aliphatic rings. The number of rotatable bonds is 9. The summed E-state index contributed by atoms with van der Waals surface area (Å²) in [5.41, 5.74) is 0. The van der Waals surface area contributed by atoms with Crippen molar-refractivity contribution in [2.24, 2.45) is 4.99 Å². The number of hydrogen-bond acceptors (Lipinski definition) is 4. The zero-order chi connectivity index (χ0) is 18.5. The van der Waals surface area contributed by atoms with Crippen LogP contribution in [0, 0.1) is 0 Å². The molecule has 1 aromatic rings. The molecule has 1 aromatic carbocycles. The van der Waals surface area contributed by atoms with Crippen LogP contribution in [0.3, 0.4) is 0 Å². The number of para-hydroxylation sites is 1. The van der Waals surface area contributed by atoms with Crippen LogP contribution in [-0.4, -0.2) is 81.8 Å². The molecule has 6 nitrogen and oxygen atoms in total. The van der Waals surface area contributed by atoms with Gasteiger partial charge in [-0.1, -0.05) is 18.2 Å². The molecule has 27 heavy (non-hydrogen) atoms. The van der Waals surface area contributed by atoms with Gasteiger partial charge in [-0.15, -0.1) is 24.0 Å². The highest BCUT2D eigenvalue weighted by Gasteiger charge is 2.11. The minimum Gasteiger partial charge on any atom is -0.494 e. The lowest BCUT2D eigenvalue weighted by atomic mass is 10.3. The fraction of sp³-hybridized carbons (Fsp3) is 0.650. The van der Waals surface area contributed by atoms with E-state index in [1.165, 1.54) is 19.5 Å². The van der Waals surface area contributed by atoms with Crippen LogP contribution in [0.1, 0.15) is 19.8 Å². The topological polar surface area (TPSA) is 52.1 Å². The number of benzene rings is 1. The molecule has 0 saturated carbocycles. The molecule has 2 rings (SSSR count). The standard InChI is InChI=1S/C20H35N5O.HI/c1-3-21-20(22-11-7-18-26-19-9-5-4-6-10-19)23-12-15-25-14-8-13-24(2)16-17-25;/h4-6,9-10H,3,7-8,11-18H2,1-2H3,(H2,21,22,23);1H. The maximum atomic E-state index is 5.71. The first-order valence-electron chi connectivity index (χ1n) is 9.89. The summed E-state index contributed by atoms with van der Waals surface area (Å²) in [7, 11) is 2.21. The first kappa shape index (κ1) is 24.0. The van der Waals surface area contributed by atoms with Crippen LogP contribution in [0.15, 0.2) is 35.3 Å². The predicted molar refractivity (Wildman–Crippen MR) is 125 cm³/mol. The van der Waals surface area contributed by atoms with Crippen molar-refractivity contribution < 1.29 is 4.74 Å². The van der Waals surface area contributed by atoms with Gasteiger partial charge in [0.2, 0.25) is 0 Å². The van der Waals surface area contributed by atoms with E-state index in [2.05, 4.69) is 39.4 Å². The van der Waals surface area contributed by atoms with E-state index in [9.17, 15) is 0 Å². The molecule has 1 saturated heterocycles. The van der Waals surface area contributed by atoms with Gasteiger partial charge in [0.25, 0.3) is 0 Å². The van der Waals surface area contributed by atoms with Crippen molar-refractivity contribution >= 4 is 29.9 Å². The summed E-state index contributed by atoms with van der Waals surface area (Å²) in [6, 6.07) is 9.94. The fourth-order valence-corrected chi connectivity index (χ4v) is 2.96. The van der Waals surface area contributed by atoms with E-state index in [4.69, 9.17) is 4.74 Å². The number of guanidine groups is 1. The molecule has 0 atom stereocenters. The van der Waals surface area contributed by atoms with Crippen LogP contribution in [0.2, 0.25) is 0 Å². The highest BCUT2D eigenvalue weighted by Crippen LogP contribution is 2.08. The maximum absolute atomic E-state index is 5.71. The number of nitrogens with zero attached hydrogens (tertiary/aromatic N) is 3. The van der Waals surface area contributed by atoms with E-state index in [1.807, 2.05) is 30.3 Å². The molecule has 1 aliphatic heterocycles. The summed E-state index contributed by atoms with van der Waals surface area (Å²) in [5, 5.41) is 6.77. The summed E-state index contributed by atoms with van der Waals surface area (Å²) in [6.45, 7) is 11.1. The van der Waals surface area contributed by atoms with Crippen LogP contribution in [-0.2, 0) is 0 Å². The van der Waals surface area contributed by atoms with Crippen LogP contribution < -0.4 is 15.4 Å². The van der Waals surface area contributed by atoms with Gasteiger partial charge in [0.05, 0.1) is 6.61 Å². The third-order valence-electron chi connectivity index (χ3n) is 4.46. The SMILES string of the molecule is CCNC(=NCCCOc1ccccc1)NCCN1CCCN(C)CC1.I. The van der Waals surface area contributed by atoms with Crippen LogP contribution >= 0.6 is 24.0 Å². The van der Waals surface area contributed by atoms with Crippen molar-refractivity contribution in [2.45, 2.75) is 19.8 Å². The van der Waals surface area contributed by atoms with Crippen molar-refractivity contribution in [1.82, 2.24) is 20.4 Å². The Hall–Kier alpha value is -1.06. The number of hydrogen-bond donors (Lipinski definition) is 2. The first-order chi connectivity index (χ1) is 12.8. The van der Waals surface area contributed by atoms with Crippen molar-refractivity contribution in [2.75, 3.05) is 66.0 Å². The lowest BCUT2D eigenvalue weighted by Gasteiger charge is -2.21. The van der Waals surface area contributed by atoms with Gasteiger partial charge in [0.1, 0.15) is 5.75 Å². The number of aliphatic imine (C=N–C) groups is 1. The lowest BCUT2D eigenvalue weighted by molar-refractivity contribution is 0.280. The van der Waals surface area contributed by atoms with Gasteiger partial charge in [0, 0.05) is 45.7 Å². The van der Waals surface area contributed by atoms with Gasteiger partial charge in [0.15, 0.2) is 5.96 Å². The molecular formula is C20H36IN5O. The quantitative estimate of drug-likeness (QED) is 0.241. The molecule has 0 amide bonds. The Bertz CT molecular complexity index is 514. The average Bonchev–Trinajstić information content (AvgIpc) is 2.86. The fourth-order valence-electron chi connectivity index (χ4n) is 2.96. The second-order valence-corrected chi connectivity index (χ2v) is 6.70. The second kappa shape index (κ2) is 14.9.